The summed E-state index contributed by atoms with van der Waals surface area (Å²) in [5.41, 5.74) is 6.12. The van der Waals surface area contributed by atoms with Crippen LogP contribution in [-0.2, 0) is 0 Å². The third kappa shape index (κ3) is 4.84. The molecule has 0 saturated carbocycles. The number of hydrogen-bond donors (Lipinski definition) is 3. The standard InChI is InChI=1S/C16H23ClN4O2/c1-10(2)9-21-5-3-11(4-6-21)8-19-15(22)12-7-13(17)14(18)20-16(12)23/h7,11H,1,3-6,8-9H2,2H3,(H,19,22)(H3,18,20,23). The molecule has 1 aliphatic rings. The van der Waals surface area contributed by atoms with Crippen LogP contribution in [0.1, 0.15) is 30.1 Å². The number of rotatable bonds is 5. The lowest BCUT2D eigenvalue weighted by molar-refractivity contribution is 0.0936. The summed E-state index contributed by atoms with van der Waals surface area (Å²) >= 11 is 5.85. The number of carbonyl (C=O) groups excluding carboxylic acids is 1. The molecule has 2 heterocycles. The fraction of sp³-hybridized carbons (Fsp3) is 0.500. The Labute approximate surface area is 140 Å². The van der Waals surface area contributed by atoms with Gasteiger partial charge >= 0.3 is 0 Å². The summed E-state index contributed by atoms with van der Waals surface area (Å²) in [7, 11) is 0. The summed E-state index contributed by atoms with van der Waals surface area (Å²) in [6.07, 6.45) is 2.04. The van der Waals surface area contributed by atoms with E-state index in [1.807, 2.05) is 6.92 Å². The van der Waals surface area contributed by atoms with Crippen molar-refractivity contribution in [1.82, 2.24) is 15.2 Å². The number of likely N-dealkylation sites (tertiary alicyclic amines) is 1. The highest BCUT2D eigenvalue weighted by Crippen LogP contribution is 2.17. The molecule has 6 nitrogen and oxygen atoms in total. The van der Waals surface area contributed by atoms with Crippen LogP contribution < -0.4 is 16.6 Å². The first kappa shape index (κ1) is 17.6. The van der Waals surface area contributed by atoms with Crippen LogP contribution in [0, 0.1) is 5.92 Å². The van der Waals surface area contributed by atoms with Gasteiger partial charge in [-0.25, -0.2) is 0 Å². The van der Waals surface area contributed by atoms with E-state index in [1.54, 1.807) is 0 Å². The van der Waals surface area contributed by atoms with Gasteiger partial charge in [0.2, 0.25) is 0 Å². The summed E-state index contributed by atoms with van der Waals surface area (Å²) in [6, 6.07) is 1.31. The van der Waals surface area contributed by atoms with Crippen molar-refractivity contribution in [1.29, 1.82) is 0 Å². The smallest absolute Gasteiger partial charge is 0.262 e. The average molecular weight is 339 g/mol. The Hall–Kier alpha value is -1.79. The van der Waals surface area contributed by atoms with Gasteiger partial charge in [-0.1, -0.05) is 23.8 Å². The third-order valence-corrected chi connectivity index (χ3v) is 4.33. The van der Waals surface area contributed by atoms with Gasteiger partial charge in [-0.15, -0.1) is 0 Å². The van der Waals surface area contributed by atoms with E-state index in [1.165, 1.54) is 6.07 Å². The number of H-pyrrole nitrogens is 1. The molecule has 0 aromatic carbocycles. The largest absolute Gasteiger partial charge is 0.384 e. The predicted octanol–water partition coefficient (Wildman–Crippen LogP) is 1.63. The van der Waals surface area contributed by atoms with Crippen molar-refractivity contribution in [2.75, 3.05) is 31.9 Å². The summed E-state index contributed by atoms with van der Waals surface area (Å²) in [5.74, 6) is 0.0688. The number of piperidine rings is 1. The number of anilines is 1. The second-order valence-corrected chi connectivity index (χ2v) is 6.57. The zero-order valence-corrected chi connectivity index (χ0v) is 14.1. The molecule has 0 radical (unpaired) electrons. The summed E-state index contributed by atoms with van der Waals surface area (Å²) < 4.78 is 0. The number of pyridine rings is 1. The van der Waals surface area contributed by atoms with Gasteiger partial charge in [0.25, 0.3) is 11.5 Å². The lowest BCUT2D eigenvalue weighted by Crippen LogP contribution is -2.40. The SMILES string of the molecule is C=C(C)CN1CCC(CNC(=O)c2cc(Cl)c(N)[nH]c2=O)CC1. The molecule has 0 unspecified atom stereocenters. The van der Waals surface area contributed by atoms with E-state index >= 15 is 0 Å². The lowest BCUT2D eigenvalue weighted by atomic mass is 9.96. The number of aromatic amines is 1. The monoisotopic (exact) mass is 338 g/mol. The highest BCUT2D eigenvalue weighted by molar-refractivity contribution is 6.33. The van der Waals surface area contributed by atoms with Crippen LogP contribution in [0.2, 0.25) is 5.02 Å². The number of nitrogens with two attached hydrogens (primary N) is 1. The number of nitrogens with one attached hydrogen (secondary N) is 2. The zero-order valence-electron chi connectivity index (χ0n) is 13.3. The second kappa shape index (κ2) is 7.66. The van der Waals surface area contributed by atoms with Crippen molar-refractivity contribution in [3.8, 4) is 0 Å². The molecule has 0 aliphatic carbocycles. The molecule has 0 spiro atoms. The molecule has 7 heteroatoms. The minimum Gasteiger partial charge on any atom is -0.384 e. The van der Waals surface area contributed by atoms with Gasteiger partial charge in [-0.05, 0) is 44.8 Å². The van der Waals surface area contributed by atoms with Gasteiger partial charge in [0, 0.05) is 13.1 Å². The van der Waals surface area contributed by atoms with E-state index in [0.29, 0.717) is 12.5 Å². The minimum atomic E-state index is -0.527. The van der Waals surface area contributed by atoms with Crippen molar-refractivity contribution in [3.05, 3.63) is 39.2 Å². The predicted molar refractivity (Wildman–Crippen MR) is 92.8 cm³/mol. The van der Waals surface area contributed by atoms with Gasteiger partial charge in [0.05, 0.1) is 5.02 Å². The van der Waals surface area contributed by atoms with Gasteiger partial charge in [0.15, 0.2) is 0 Å². The van der Waals surface area contributed by atoms with Gasteiger partial charge < -0.3 is 16.0 Å². The van der Waals surface area contributed by atoms with E-state index in [4.69, 9.17) is 17.3 Å². The van der Waals surface area contributed by atoms with Crippen LogP contribution in [0.25, 0.3) is 0 Å². The fourth-order valence-electron chi connectivity index (χ4n) is 2.75. The third-order valence-electron chi connectivity index (χ3n) is 4.02. The molecule has 1 fully saturated rings. The Balaban J connectivity index is 1.85. The molecule has 4 N–H and O–H groups in total. The highest BCUT2D eigenvalue weighted by atomic mass is 35.5. The molecule has 23 heavy (non-hydrogen) atoms. The van der Waals surface area contributed by atoms with Gasteiger partial charge in [-0.3, -0.25) is 14.5 Å². The van der Waals surface area contributed by atoms with E-state index in [9.17, 15) is 9.59 Å². The number of nitrogens with zero attached hydrogens (tertiary/aromatic N) is 1. The summed E-state index contributed by atoms with van der Waals surface area (Å²) in [6.45, 7) is 9.45. The first-order valence-corrected chi connectivity index (χ1v) is 8.08. The normalized spacial score (nSPS) is 16.3. The molecule has 1 amide bonds. The number of aromatic nitrogens is 1. The molecule has 1 aromatic heterocycles. The molecular formula is C16H23ClN4O2. The van der Waals surface area contributed by atoms with Crippen LogP contribution in [0.3, 0.4) is 0 Å². The number of nitrogen functional groups attached to an aromatic ring is 1. The highest BCUT2D eigenvalue weighted by Gasteiger charge is 2.20. The summed E-state index contributed by atoms with van der Waals surface area (Å²) in [5, 5.41) is 2.99. The van der Waals surface area contributed by atoms with Crippen LogP contribution in [0.5, 0.6) is 0 Å². The molecule has 1 aliphatic heterocycles. The van der Waals surface area contributed by atoms with Gasteiger partial charge in [0.1, 0.15) is 11.4 Å². The molecule has 0 atom stereocenters. The Morgan fingerprint density at radius 1 is 1.52 bits per heavy atom. The minimum absolute atomic E-state index is 0.0103. The topological polar surface area (TPSA) is 91.2 Å². The molecule has 2 rings (SSSR count). The maximum Gasteiger partial charge on any atom is 0.262 e. The van der Waals surface area contributed by atoms with Crippen molar-refractivity contribution in [2.45, 2.75) is 19.8 Å². The molecule has 126 valence electrons. The van der Waals surface area contributed by atoms with E-state index in [2.05, 4.69) is 21.8 Å². The Morgan fingerprint density at radius 3 is 2.78 bits per heavy atom. The maximum absolute atomic E-state index is 12.1. The number of carbonyl (C=O) groups is 1. The second-order valence-electron chi connectivity index (χ2n) is 6.16. The van der Waals surface area contributed by atoms with Crippen LogP contribution in [-0.4, -0.2) is 42.0 Å². The quantitative estimate of drug-likeness (QED) is 0.712. The first-order valence-electron chi connectivity index (χ1n) is 7.70. The van der Waals surface area contributed by atoms with Crippen molar-refractivity contribution < 1.29 is 4.79 Å². The molecule has 1 saturated heterocycles. The van der Waals surface area contributed by atoms with Gasteiger partial charge in [-0.2, -0.15) is 0 Å². The van der Waals surface area contributed by atoms with Crippen LogP contribution in [0.15, 0.2) is 23.0 Å². The van der Waals surface area contributed by atoms with Crippen LogP contribution in [0.4, 0.5) is 5.82 Å². The zero-order chi connectivity index (χ0) is 17.0. The summed E-state index contributed by atoms with van der Waals surface area (Å²) in [4.78, 5) is 28.6. The van der Waals surface area contributed by atoms with Crippen molar-refractivity contribution >= 4 is 23.3 Å². The van der Waals surface area contributed by atoms with Crippen molar-refractivity contribution in [3.63, 3.8) is 0 Å². The van der Waals surface area contributed by atoms with E-state index in [0.717, 1.165) is 38.0 Å². The Morgan fingerprint density at radius 2 is 2.17 bits per heavy atom. The van der Waals surface area contributed by atoms with Crippen LogP contribution >= 0.6 is 11.6 Å². The Bertz CT molecular complexity index is 648. The average Bonchev–Trinajstić information content (AvgIpc) is 2.49. The number of amides is 1. The molecule has 0 bridgehead atoms. The molecule has 1 aromatic rings. The fourth-order valence-corrected chi connectivity index (χ4v) is 2.91. The molecular weight excluding hydrogens is 316 g/mol. The van der Waals surface area contributed by atoms with E-state index < -0.39 is 11.5 Å². The number of halogens is 1. The van der Waals surface area contributed by atoms with Crippen molar-refractivity contribution in [2.24, 2.45) is 5.92 Å². The lowest BCUT2D eigenvalue weighted by Gasteiger charge is -2.32. The van der Waals surface area contributed by atoms with E-state index in [-0.39, 0.29) is 16.4 Å². The maximum atomic E-state index is 12.1. The Kier molecular flexibility index (Phi) is 5.85. The number of hydrogen-bond acceptors (Lipinski definition) is 4. The first-order chi connectivity index (χ1) is 10.9.